The molecular formula is C17H23N5O2. The van der Waals surface area contributed by atoms with Crippen molar-refractivity contribution in [2.75, 3.05) is 5.32 Å². The van der Waals surface area contributed by atoms with E-state index < -0.39 is 5.60 Å². The summed E-state index contributed by atoms with van der Waals surface area (Å²) >= 11 is 0. The van der Waals surface area contributed by atoms with Crippen molar-refractivity contribution in [3.63, 3.8) is 0 Å². The average Bonchev–Trinajstić information content (AvgIpc) is 2.88. The van der Waals surface area contributed by atoms with Gasteiger partial charge in [0.1, 0.15) is 0 Å². The SMILES string of the molecule is Cc1nn(C)cc1NC(=O)NC1CCC(O)(c2cccnc2)CC1. The topological polar surface area (TPSA) is 92.1 Å². The molecule has 0 saturated heterocycles. The zero-order valence-electron chi connectivity index (χ0n) is 14.0. The number of pyridine rings is 1. The number of urea groups is 1. The van der Waals surface area contributed by atoms with Crippen molar-refractivity contribution in [2.45, 2.75) is 44.2 Å². The van der Waals surface area contributed by atoms with Gasteiger partial charge in [-0.1, -0.05) is 6.07 Å². The van der Waals surface area contributed by atoms with E-state index in [2.05, 4.69) is 20.7 Å². The molecule has 0 bridgehead atoms. The standard InChI is InChI=1S/C17H23N5O2/c1-12-15(11-22(2)21-12)20-16(23)19-14-5-7-17(24,8-6-14)13-4-3-9-18-10-13/h3-4,9-11,14,24H,5-8H2,1-2H3,(H2,19,20,23). The number of carbonyl (C=O) groups is 1. The summed E-state index contributed by atoms with van der Waals surface area (Å²) in [5, 5.41) is 20.8. The molecule has 7 nitrogen and oxygen atoms in total. The lowest BCUT2D eigenvalue weighted by molar-refractivity contribution is -0.00746. The summed E-state index contributed by atoms with van der Waals surface area (Å²) in [5.74, 6) is 0. The van der Waals surface area contributed by atoms with Crippen LogP contribution in [0.3, 0.4) is 0 Å². The van der Waals surface area contributed by atoms with Crippen LogP contribution in [0, 0.1) is 6.92 Å². The Hall–Kier alpha value is -2.41. The minimum absolute atomic E-state index is 0.0546. The second-order valence-corrected chi connectivity index (χ2v) is 6.45. The molecule has 0 aliphatic heterocycles. The van der Waals surface area contributed by atoms with Gasteiger partial charge in [0.05, 0.1) is 17.0 Å². The number of hydrogen-bond donors (Lipinski definition) is 3. The lowest BCUT2D eigenvalue weighted by atomic mass is 9.78. The summed E-state index contributed by atoms with van der Waals surface area (Å²) in [6.45, 7) is 1.85. The first kappa shape index (κ1) is 16.4. The second kappa shape index (κ2) is 6.60. The lowest BCUT2D eigenvalue weighted by Gasteiger charge is -2.36. The number of rotatable bonds is 3. The first-order valence-electron chi connectivity index (χ1n) is 8.17. The first-order valence-corrected chi connectivity index (χ1v) is 8.17. The summed E-state index contributed by atoms with van der Waals surface area (Å²) in [5.41, 5.74) is 1.49. The van der Waals surface area contributed by atoms with E-state index in [1.807, 2.05) is 26.1 Å². The van der Waals surface area contributed by atoms with Gasteiger partial charge < -0.3 is 15.7 Å². The van der Waals surface area contributed by atoms with Crippen LogP contribution in [0.25, 0.3) is 0 Å². The lowest BCUT2D eigenvalue weighted by Crippen LogP contribution is -2.43. The van der Waals surface area contributed by atoms with Crippen molar-refractivity contribution < 1.29 is 9.90 Å². The highest BCUT2D eigenvalue weighted by Gasteiger charge is 2.35. The van der Waals surface area contributed by atoms with Crippen LogP contribution >= 0.6 is 0 Å². The zero-order valence-corrected chi connectivity index (χ0v) is 14.0. The number of aryl methyl sites for hydroxylation is 2. The number of carbonyl (C=O) groups excluding carboxylic acids is 1. The molecule has 0 atom stereocenters. The molecule has 24 heavy (non-hydrogen) atoms. The molecule has 0 unspecified atom stereocenters. The predicted octanol–water partition coefficient (Wildman–Crippen LogP) is 2.08. The van der Waals surface area contributed by atoms with E-state index in [4.69, 9.17) is 0 Å². The van der Waals surface area contributed by atoms with Crippen molar-refractivity contribution in [3.8, 4) is 0 Å². The predicted molar refractivity (Wildman–Crippen MR) is 90.5 cm³/mol. The van der Waals surface area contributed by atoms with Gasteiger partial charge in [-0.25, -0.2) is 4.79 Å². The van der Waals surface area contributed by atoms with Gasteiger partial charge in [0.2, 0.25) is 0 Å². The molecule has 1 aliphatic rings. The van der Waals surface area contributed by atoms with Crippen molar-refractivity contribution >= 4 is 11.7 Å². The molecule has 1 aliphatic carbocycles. The van der Waals surface area contributed by atoms with E-state index in [0.29, 0.717) is 18.5 Å². The van der Waals surface area contributed by atoms with Crippen LogP contribution in [0.15, 0.2) is 30.7 Å². The summed E-state index contributed by atoms with van der Waals surface area (Å²) < 4.78 is 1.67. The minimum Gasteiger partial charge on any atom is -0.385 e. The largest absolute Gasteiger partial charge is 0.385 e. The summed E-state index contributed by atoms with van der Waals surface area (Å²) in [7, 11) is 1.82. The Labute approximate surface area is 141 Å². The summed E-state index contributed by atoms with van der Waals surface area (Å²) in [4.78, 5) is 16.2. The van der Waals surface area contributed by atoms with Gasteiger partial charge in [0.15, 0.2) is 0 Å². The van der Waals surface area contributed by atoms with E-state index >= 15 is 0 Å². The highest BCUT2D eigenvalue weighted by Crippen LogP contribution is 2.36. The van der Waals surface area contributed by atoms with E-state index in [-0.39, 0.29) is 12.1 Å². The maximum Gasteiger partial charge on any atom is 0.319 e. The van der Waals surface area contributed by atoms with Crippen LogP contribution in [-0.2, 0) is 12.6 Å². The molecule has 2 heterocycles. The molecule has 3 N–H and O–H groups in total. The number of hydrogen-bond acceptors (Lipinski definition) is 4. The Morgan fingerprint density at radius 3 is 2.75 bits per heavy atom. The van der Waals surface area contributed by atoms with Gasteiger partial charge in [-0.05, 0) is 38.7 Å². The van der Waals surface area contributed by atoms with Crippen LogP contribution in [0.4, 0.5) is 10.5 Å². The molecule has 1 fully saturated rings. The van der Waals surface area contributed by atoms with Crippen LogP contribution in [0.1, 0.15) is 36.9 Å². The quantitative estimate of drug-likeness (QED) is 0.804. The third kappa shape index (κ3) is 3.56. The van der Waals surface area contributed by atoms with E-state index in [0.717, 1.165) is 24.1 Å². The molecule has 1 saturated carbocycles. The van der Waals surface area contributed by atoms with Crippen molar-refractivity contribution in [3.05, 3.63) is 42.0 Å². The molecule has 7 heteroatoms. The Bertz CT molecular complexity index is 705. The Morgan fingerprint density at radius 2 is 2.17 bits per heavy atom. The number of aliphatic hydroxyl groups is 1. The molecule has 128 valence electrons. The van der Waals surface area contributed by atoms with Crippen molar-refractivity contribution in [1.82, 2.24) is 20.1 Å². The van der Waals surface area contributed by atoms with Crippen LogP contribution in [0.2, 0.25) is 0 Å². The highest BCUT2D eigenvalue weighted by molar-refractivity contribution is 5.89. The third-order valence-corrected chi connectivity index (χ3v) is 4.61. The number of nitrogens with zero attached hydrogens (tertiary/aromatic N) is 3. The molecule has 0 spiro atoms. The van der Waals surface area contributed by atoms with Crippen molar-refractivity contribution in [2.24, 2.45) is 7.05 Å². The Kier molecular flexibility index (Phi) is 4.53. The van der Waals surface area contributed by atoms with Gasteiger partial charge in [0, 0.05) is 37.2 Å². The van der Waals surface area contributed by atoms with E-state index in [1.54, 1.807) is 23.3 Å². The smallest absolute Gasteiger partial charge is 0.319 e. The average molecular weight is 329 g/mol. The number of amides is 2. The molecule has 2 aromatic heterocycles. The molecular weight excluding hydrogens is 306 g/mol. The molecule has 0 aromatic carbocycles. The van der Waals surface area contributed by atoms with E-state index in [9.17, 15) is 9.90 Å². The van der Waals surface area contributed by atoms with Gasteiger partial charge in [-0.15, -0.1) is 0 Å². The fourth-order valence-corrected chi connectivity index (χ4v) is 3.23. The van der Waals surface area contributed by atoms with Gasteiger partial charge in [-0.3, -0.25) is 9.67 Å². The number of nitrogens with one attached hydrogen (secondary N) is 2. The Balaban J connectivity index is 1.54. The monoisotopic (exact) mass is 329 g/mol. The molecule has 3 rings (SSSR count). The maximum atomic E-state index is 12.1. The van der Waals surface area contributed by atoms with E-state index in [1.165, 1.54) is 0 Å². The Morgan fingerprint density at radius 1 is 1.42 bits per heavy atom. The van der Waals surface area contributed by atoms with Gasteiger partial charge in [-0.2, -0.15) is 5.10 Å². The second-order valence-electron chi connectivity index (χ2n) is 6.45. The van der Waals surface area contributed by atoms with Gasteiger partial charge >= 0.3 is 6.03 Å². The minimum atomic E-state index is -0.844. The number of aromatic nitrogens is 3. The number of anilines is 1. The maximum absolute atomic E-state index is 12.1. The summed E-state index contributed by atoms with van der Waals surface area (Å²) in [6, 6.07) is 3.56. The molecule has 2 aromatic rings. The highest BCUT2D eigenvalue weighted by atomic mass is 16.3. The van der Waals surface area contributed by atoms with Crippen LogP contribution < -0.4 is 10.6 Å². The molecule has 2 amide bonds. The first-order chi connectivity index (χ1) is 11.5. The van der Waals surface area contributed by atoms with Crippen molar-refractivity contribution in [1.29, 1.82) is 0 Å². The van der Waals surface area contributed by atoms with Gasteiger partial charge in [0.25, 0.3) is 0 Å². The normalized spacial score (nSPS) is 23.7. The fraction of sp³-hybridized carbons (Fsp3) is 0.471. The summed E-state index contributed by atoms with van der Waals surface area (Å²) in [6.07, 6.45) is 7.86. The van der Waals surface area contributed by atoms with Crippen LogP contribution in [0.5, 0.6) is 0 Å². The van der Waals surface area contributed by atoms with Crippen LogP contribution in [-0.4, -0.2) is 31.9 Å². The molecule has 0 radical (unpaired) electrons. The third-order valence-electron chi connectivity index (χ3n) is 4.61. The zero-order chi connectivity index (χ0) is 17.2. The fourth-order valence-electron chi connectivity index (χ4n) is 3.23.